The summed E-state index contributed by atoms with van der Waals surface area (Å²) in [5.74, 6) is -1.34. The molecule has 1 saturated heterocycles. The molecule has 15 heavy (non-hydrogen) atoms. The van der Waals surface area contributed by atoms with Gasteiger partial charge in [0, 0.05) is 19.0 Å². The van der Waals surface area contributed by atoms with Gasteiger partial charge in [0.2, 0.25) is 5.91 Å². The van der Waals surface area contributed by atoms with Crippen LogP contribution in [0.15, 0.2) is 12.2 Å². The highest BCUT2D eigenvalue weighted by molar-refractivity contribution is 5.86. The van der Waals surface area contributed by atoms with E-state index in [2.05, 4.69) is 12.2 Å². The maximum atomic E-state index is 11.6. The van der Waals surface area contributed by atoms with Crippen LogP contribution in [0.1, 0.15) is 25.7 Å². The second kappa shape index (κ2) is 4.04. The summed E-state index contributed by atoms with van der Waals surface area (Å²) in [7, 11) is 0. The number of allylic oxidation sites excluding steroid dienone is 1. The first-order valence-electron chi connectivity index (χ1n) is 5.35. The van der Waals surface area contributed by atoms with E-state index in [1.807, 2.05) is 0 Å². The van der Waals surface area contributed by atoms with Crippen LogP contribution in [-0.4, -0.2) is 34.5 Å². The summed E-state index contributed by atoms with van der Waals surface area (Å²) in [6, 6.07) is 0.229. The van der Waals surface area contributed by atoms with E-state index in [9.17, 15) is 9.59 Å². The maximum Gasteiger partial charge on any atom is 0.308 e. The molecule has 1 aliphatic heterocycles. The van der Waals surface area contributed by atoms with Gasteiger partial charge in [0.05, 0.1) is 5.92 Å². The van der Waals surface area contributed by atoms with E-state index in [-0.39, 0.29) is 18.4 Å². The molecule has 0 saturated carbocycles. The van der Waals surface area contributed by atoms with Crippen molar-refractivity contribution in [2.75, 3.05) is 6.54 Å². The Morgan fingerprint density at radius 1 is 1.47 bits per heavy atom. The number of aliphatic carboxylic acids is 1. The lowest BCUT2D eigenvalue weighted by atomic mass is 10.0. The Kier molecular flexibility index (Phi) is 2.75. The smallest absolute Gasteiger partial charge is 0.308 e. The fourth-order valence-electron chi connectivity index (χ4n) is 2.31. The fraction of sp³-hybridized carbons (Fsp3) is 0.636. The van der Waals surface area contributed by atoms with E-state index >= 15 is 0 Å². The number of rotatable bonds is 2. The highest BCUT2D eigenvalue weighted by atomic mass is 16.4. The summed E-state index contributed by atoms with van der Waals surface area (Å²) in [6.07, 6.45) is 7.20. The third-order valence-corrected chi connectivity index (χ3v) is 3.19. The molecule has 0 spiro atoms. The van der Waals surface area contributed by atoms with Crippen molar-refractivity contribution >= 4 is 11.9 Å². The Labute approximate surface area is 88.6 Å². The largest absolute Gasteiger partial charge is 0.481 e. The monoisotopic (exact) mass is 209 g/mol. The standard InChI is InChI=1S/C11H15NO3/c13-10-6-8(11(14)15)7-12(10)9-4-2-1-3-5-9/h1-2,8-9H,3-7H2,(H,14,15). The third kappa shape index (κ3) is 2.03. The van der Waals surface area contributed by atoms with Gasteiger partial charge < -0.3 is 10.0 Å². The summed E-state index contributed by atoms with van der Waals surface area (Å²) in [4.78, 5) is 24.2. The number of hydrogen-bond donors (Lipinski definition) is 1. The van der Waals surface area contributed by atoms with Crippen LogP contribution < -0.4 is 0 Å². The average molecular weight is 209 g/mol. The Morgan fingerprint density at radius 3 is 2.80 bits per heavy atom. The third-order valence-electron chi connectivity index (χ3n) is 3.19. The van der Waals surface area contributed by atoms with Gasteiger partial charge in [-0.05, 0) is 19.3 Å². The zero-order valence-corrected chi connectivity index (χ0v) is 8.56. The molecule has 0 aromatic heterocycles. The summed E-state index contributed by atoms with van der Waals surface area (Å²) in [5.41, 5.74) is 0. The fourth-order valence-corrected chi connectivity index (χ4v) is 2.31. The highest BCUT2D eigenvalue weighted by Crippen LogP contribution is 2.26. The molecule has 2 rings (SSSR count). The van der Waals surface area contributed by atoms with E-state index in [4.69, 9.17) is 5.11 Å². The summed E-state index contributed by atoms with van der Waals surface area (Å²) < 4.78 is 0. The lowest BCUT2D eigenvalue weighted by Crippen LogP contribution is -2.37. The molecule has 82 valence electrons. The van der Waals surface area contributed by atoms with Gasteiger partial charge in [-0.25, -0.2) is 0 Å². The Morgan fingerprint density at radius 2 is 2.27 bits per heavy atom. The van der Waals surface area contributed by atoms with Crippen LogP contribution in [0.3, 0.4) is 0 Å². The van der Waals surface area contributed by atoms with Crippen molar-refractivity contribution in [3.63, 3.8) is 0 Å². The molecule has 4 nitrogen and oxygen atoms in total. The molecular weight excluding hydrogens is 194 g/mol. The van der Waals surface area contributed by atoms with Crippen molar-refractivity contribution in [3.05, 3.63) is 12.2 Å². The van der Waals surface area contributed by atoms with Crippen LogP contribution in [0.5, 0.6) is 0 Å². The van der Waals surface area contributed by atoms with Crippen molar-refractivity contribution in [1.29, 1.82) is 0 Å². The first-order valence-corrected chi connectivity index (χ1v) is 5.35. The number of nitrogens with zero attached hydrogens (tertiary/aromatic N) is 1. The normalized spacial score (nSPS) is 30.9. The number of likely N-dealkylation sites (tertiary alicyclic amines) is 1. The van der Waals surface area contributed by atoms with E-state index in [0.717, 1.165) is 19.3 Å². The number of carbonyl (C=O) groups is 2. The Hall–Kier alpha value is -1.32. The molecule has 1 aliphatic carbocycles. The predicted octanol–water partition coefficient (Wildman–Crippen LogP) is 1.03. The lowest BCUT2D eigenvalue weighted by Gasteiger charge is -2.28. The zero-order valence-electron chi connectivity index (χ0n) is 8.56. The van der Waals surface area contributed by atoms with E-state index in [0.29, 0.717) is 6.54 Å². The van der Waals surface area contributed by atoms with Gasteiger partial charge in [-0.15, -0.1) is 0 Å². The van der Waals surface area contributed by atoms with Crippen molar-refractivity contribution in [2.45, 2.75) is 31.7 Å². The molecule has 0 aromatic rings. The van der Waals surface area contributed by atoms with Crippen LogP contribution >= 0.6 is 0 Å². The SMILES string of the molecule is O=C(O)C1CC(=O)N(C2CC=CCC2)C1. The van der Waals surface area contributed by atoms with Gasteiger partial charge in [-0.1, -0.05) is 12.2 Å². The molecule has 1 N–H and O–H groups in total. The van der Waals surface area contributed by atoms with E-state index in [1.54, 1.807) is 4.90 Å². The van der Waals surface area contributed by atoms with Gasteiger partial charge in [0.15, 0.2) is 0 Å². The molecule has 1 heterocycles. The summed E-state index contributed by atoms with van der Waals surface area (Å²) in [6.45, 7) is 0.396. The number of carbonyl (C=O) groups excluding carboxylic acids is 1. The number of amides is 1. The quantitative estimate of drug-likeness (QED) is 0.691. The number of hydrogen-bond acceptors (Lipinski definition) is 2. The molecule has 0 aromatic carbocycles. The molecule has 0 bridgehead atoms. The van der Waals surface area contributed by atoms with Gasteiger partial charge in [-0.2, -0.15) is 0 Å². The van der Waals surface area contributed by atoms with E-state index < -0.39 is 11.9 Å². The van der Waals surface area contributed by atoms with Crippen molar-refractivity contribution in [3.8, 4) is 0 Å². The second-order valence-electron chi connectivity index (χ2n) is 4.22. The first kappa shape index (κ1) is 10.2. The molecular formula is C11H15NO3. The van der Waals surface area contributed by atoms with Crippen LogP contribution in [0.4, 0.5) is 0 Å². The number of carboxylic acid groups (broad SMARTS) is 1. The number of carboxylic acids is 1. The second-order valence-corrected chi connectivity index (χ2v) is 4.22. The van der Waals surface area contributed by atoms with Crippen molar-refractivity contribution in [1.82, 2.24) is 4.90 Å². The average Bonchev–Trinajstić information content (AvgIpc) is 2.62. The van der Waals surface area contributed by atoms with Crippen molar-refractivity contribution < 1.29 is 14.7 Å². The van der Waals surface area contributed by atoms with E-state index in [1.165, 1.54) is 0 Å². The van der Waals surface area contributed by atoms with Gasteiger partial charge in [-0.3, -0.25) is 9.59 Å². The predicted molar refractivity (Wildman–Crippen MR) is 54.2 cm³/mol. The lowest BCUT2D eigenvalue weighted by molar-refractivity contribution is -0.141. The first-order chi connectivity index (χ1) is 7.18. The molecule has 1 amide bonds. The topological polar surface area (TPSA) is 57.6 Å². The van der Waals surface area contributed by atoms with Crippen molar-refractivity contribution in [2.24, 2.45) is 5.92 Å². The Bertz CT molecular complexity index is 311. The molecule has 1 fully saturated rings. The Balaban J connectivity index is 2.01. The van der Waals surface area contributed by atoms with Gasteiger partial charge in [0.25, 0.3) is 0 Å². The summed E-state index contributed by atoms with van der Waals surface area (Å²) >= 11 is 0. The van der Waals surface area contributed by atoms with Crippen LogP contribution in [0, 0.1) is 5.92 Å². The van der Waals surface area contributed by atoms with Crippen LogP contribution in [0.25, 0.3) is 0 Å². The summed E-state index contributed by atoms with van der Waals surface area (Å²) in [5, 5.41) is 8.85. The zero-order chi connectivity index (χ0) is 10.8. The van der Waals surface area contributed by atoms with Gasteiger partial charge >= 0.3 is 5.97 Å². The molecule has 4 heteroatoms. The maximum absolute atomic E-state index is 11.6. The van der Waals surface area contributed by atoms with Crippen LogP contribution in [-0.2, 0) is 9.59 Å². The van der Waals surface area contributed by atoms with Gasteiger partial charge in [0.1, 0.15) is 0 Å². The minimum absolute atomic E-state index is 0.00250. The molecule has 0 radical (unpaired) electrons. The molecule has 2 unspecified atom stereocenters. The molecule has 2 atom stereocenters. The minimum atomic E-state index is -0.850. The van der Waals surface area contributed by atoms with Crippen LogP contribution in [0.2, 0.25) is 0 Å². The molecule has 2 aliphatic rings. The highest BCUT2D eigenvalue weighted by Gasteiger charge is 2.37. The minimum Gasteiger partial charge on any atom is -0.481 e.